The normalized spacial score (nSPS) is 11.8. The summed E-state index contributed by atoms with van der Waals surface area (Å²) in [5.74, 6) is 0. The Balaban J connectivity index is 1.25. The van der Waals surface area contributed by atoms with E-state index in [4.69, 9.17) is 4.42 Å². The Hall–Kier alpha value is -7.17. The first-order valence-electron chi connectivity index (χ1n) is 17.9. The number of benzene rings is 8. The molecule has 0 bridgehead atoms. The minimum atomic E-state index is -0.0415. The summed E-state index contributed by atoms with van der Waals surface area (Å²) >= 11 is 0. The standard InChI is InChI=1S/C49H30N2O2/c52-48-39-25-24-34(30-44(39)53-49-40(48)27-26-35(31-14-4-1-5-15-31)45(49)32-16-6-2-7-17-32)51-41-22-12-10-20-36(41)37-28-29-43-46(47(37)51)38-21-11-13-23-42(38)50(43)33-18-8-3-9-19-33/h1-30H. The summed E-state index contributed by atoms with van der Waals surface area (Å²) in [6.45, 7) is 0. The Bertz CT molecular complexity index is 3280. The number of rotatable bonds is 4. The number of aromatic nitrogens is 2. The van der Waals surface area contributed by atoms with Crippen molar-refractivity contribution >= 4 is 65.6 Å². The van der Waals surface area contributed by atoms with Crippen LogP contribution in [0.15, 0.2) is 191 Å². The summed E-state index contributed by atoms with van der Waals surface area (Å²) < 4.78 is 11.6. The third kappa shape index (κ3) is 4.33. The van der Waals surface area contributed by atoms with E-state index in [1.54, 1.807) is 0 Å². The van der Waals surface area contributed by atoms with Gasteiger partial charge in [0, 0.05) is 44.5 Å². The Morgan fingerprint density at radius 1 is 0.415 bits per heavy atom. The lowest BCUT2D eigenvalue weighted by Gasteiger charge is -2.14. The number of fused-ring (bicyclic) bond motifs is 9. The zero-order valence-corrected chi connectivity index (χ0v) is 28.5. The molecule has 0 saturated carbocycles. The first kappa shape index (κ1) is 29.5. The molecule has 53 heavy (non-hydrogen) atoms. The molecule has 3 heterocycles. The maximum atomic E-state index is 14.3. The van der Waals surface area contributed by atoms with Crippen molar-refractivity contribution in [2.24, 2.45) is 0 Å². The van der Waals surface area contributed by atoms with E-state index in [2.05, 4.69) is 130 Å². The second-order valence-corrected chi connectivity index (χ2v) is 13.6. The second kappa shape index (κ2) is 11.4. The quantitative estimate of drug-likeness (QED) is 0.174. The zero-order valence-electron chi connectivity index (χ0n) is 28.5. The summed E-state index contributed by atoms with van der Waals surface area (Å²) in [5, 5.41) is 5.82. The van der Waals surface area contributed by atoms with Crippen LogP contribution in [0.2, 0.25) is 0 Å². The van der Waals surface area contributed by atoms with Gasteiger partial charge in [-0.15, -0.1) is 0 Å². The van der Waals surface area contributed by atoms with Crippen LogP contribution in [0.5, 0.6) is 0 Å². The molecule has 0 amide bonds. The minimum absolute atomic E-state index is 0.0415. The largest absolute Gasteiger partial charge is 0.455 e. The first-order chi connectivity index (χ1) is 26.2. The summed E-state index contributed by atoms with van der Waals surface area (Å²) in [6.07, 6.45) is 0. The van der Waals surface area contributed by atoms with Crippen molar-refractivity contribution in [2.45, 2.75) is 0 Å². The van der Waals surface area contributed by atoms with Crippen LogP contribution in [-0.2, 0) is 0 Å². The van der Waals surface area contributed by atoms with Gasteiger partial charge in [-0.05, 0) is 65.2 Å². The van der Waals surface area contributed by atoms with Gasteiger partial charge >= 0.3 is 0 Å². The molecule has 11 rings (SSSR count). The fraction of sp³-hybridized carbons (Fsp3) is 0. The van der Waals surface area contributed by atoms with E-state index >= 15 is 0 Å². The van der Waals surface area contributed by atoms with E-state index in [-0.39, 0.29) is 5.43 Å². The van der Waals surface area contributed by atoms with Crippen LogP contribution in [0.1, 0.15) is 0 Å². The van der Waals surface area contributed by atoms with Gasteiger partial charge in [0.15, 0.2) is 0 Å². The molecule has 0 N–H and O–H groups in total. The van der Waals surface area contributed by atoms with Crippen molar-refractivity contribution in [3.05, 3.63) is 192 Å². The van der Waals surface area contributed by atoms with Gasteiger partial charge in [-0.25, -0.2) is 0 Å². The first-order valence-corrected chi connectivity index (χ1v) is 17.9. The van der Waals surface area contributed by atoms with Crippen LogP contribution in [0.3, 0.4) is 0 Å². The number of hydrogen-bond donors (Lipinski definition) is 0. The van der Waals surface area contributed by atoms with E-state index in [1.807, 2.05) is 60.7 Å². The summed E-state index contributed by atoms with van der Waals surface area (Å²) in [5.41, 5.74) is 11.6. The third-order valence-electron chi connectivity index (χ3n) is 10.7. The molecule has 0 aliphatic carbocycles. The predicted molar refractivity (Wildman–Crippen MR) is 220 cm³/mol. The van der Waals surface area contributed by atoms with Crippen LogP contribution in [0, 0.1) is 0 Å². The van der Waals surface area contributed by atoms with Crippen molar-refractivity contribution < 1.29 is 4.42 Å². The lowest BCUT2D eigenvalue weighted by atomic mass is 9.92. The Kier molecular flexibility index (Phi) is 6.37. The maximum Gasteiger partial charge on any atom is 0.200 e. The number of para-hydroxylation sites is 3. The third-order valence-corrected chi connectivity index (χ3v) is 10.7. The van der Waals surface area contributed by atoms with Crippen LogP contribution in [0.25, 0.3) is 99.2 Å². The van der Waals surface area contributed by atoms with Crippen LogP contribution in [0.4, 0.5) is 0 Å². The molecule has 248 valence electrons. The van der Waals surface area contributed by atoms with Gasteiger partial charge in [0.2, 0.25) is 5.43 Å². The van der Waals surface area contributed by atoms with E-state index in [1.165, 1.54) is 21.5 Å². The van der Waals surface area contributed by atoms with Gasteiger partial charge < -0.3 is 13.6 Å². The van der Waals surface area contributed by atoms with E-state index in [9.17, 15) is 4.79 Å². The Morgan fingerprint density at radius 3 is 1.77 bits per heavy atom. The zero-order chi connectivity index (χ0) is 35.0. The van der Waals surface area contributed by atoms with Crippen molar-refractivity contribution in [1.29, 1.82) is 0 Å². The van der Waals surface area contributed by atoms with Gasteiger partial charge in [-0.1, -0.05) is 127 Å². The fourth-order valence-corrected chi connectivity index (χ4v) is 8.43. The monoisotopic (exact) mass is 678 g/mol. The molecule has 0 aliphatic heterocycles. The molecule has 4 nitrogen and oxygen atoms in total. The van der Waals surface area contributed by atoms with E-state index in [0.717, 1.165) is 55.7 Å². The average molecular weight is 679 g/mol. The summed E-state index contributed by atoms with van der Waals surface area (Å²) in [4.78, 5) is 14.3. The average Bonchev–Trinajstić information content (AvgIpc) is 3.74. The van der Waals surface area contributed by atoms with Crippen molar-refractivity contribution in [3.8, 4) is 33.6 Å². The molecule has 8 aromatic carbocycles. The van der Waals surface area contributed by atoms with E-state index < -0.39 is 0 Å². The van der Waals surface area contributed by atoms with Crippen molar-refractivity contribution in [3.63, 3.8) is 0 Å². The topological polar surface area (TPSA) is 40.1 Å². The molecule has 4 heteroatoms. The van der Waals surface area contributed by atoms with Crippen LogP contribution >= 0.6 is 0 Å². The Morgan fingerprint density at radius 2 is 1.02 bits per heavy atom. The van der Waals surface area contributed by atoms with Crippen LogP contribution in [-0.4, -0.2) is 9.13 Å². The molecule has 0 saturated heterocycles. The molecule has 0 unspecified atom stereocenters. The molecule has 0 fully saturated rings. The molecular formula is C49H30N2O2. The minimum Gasteiger partial charge on any atom is -0.455 e. The van der Waals surface area contributed by atoms with Crippen LogP contribution < -0.4 is 5.43 Å². The van der Waals surface area contributed by atoms with Gasteiger partial charge in [0.05, 0.1) is 32.8 Å². The molecule has 3 aromatic heterocycles. The van der Waals surface area contributed by atoms with Gasteiger partial charge in [0.25, 0.3) is 0 Å². The van der Waals surface area contributed by atoms with Gasteiger partial charge in [-0.2, -0.15) is 0 Å². The highest BCUT2D eigenvalue weighted by Gasteiger charge is 2.22. The smallest absolute Gasteiger partial charge is 0.200 e. The highest BCUT2D eigenvalue weighted by molar-refractivity contribution is 6.26. The molecule has 0 spiro atoms. The highest BCUT2D eigenvalue weighted by Crippen LogP contribution is 2.43. The summed E-state index contributed by atoms with van der Waals surface area (Å²) in [6, 6.07) is 62.8. The van der Waals surface area contributed by atoms with Gasteiger partial charge in [0.1, 0.15) is 11.2 Å². The predicted octanol–water partition coefficient (Wildman–Crippen LogP) is 12.5. The molecule has 0 radical (unpaired) electrons. The second-order valence-electron chi connectivity index (χ2n) is 13.6. The van der Waals surface area contributed by atoms with Crippen molar-refractivity contribution in [1.82, 2.24) is 9.13 Å². The lowest BCUT2D eigenvalue weighted by Crippen LogP contribution is -2.04. The van der Waals surface area contributed by atoms with Gasteiger partial charge in [-0.3, -0.25) is 4.79 Å². The number of hydrogen-bond acceptors (Lipinski definition) is 2. The summed E-state index contributed by atoms with van der Waals surface area (Å²) in [7, 11) is 0. The molecule has 11 aromatic rings. The maximum absolute atomic E-state index is 14.3. The molecule has 0 atom stereocenters. The molecular weight excluding hydrogens is 649 g/mol. The Labute approximate surface area is 304 Å². The molecule has 0 aliphatic rings. The SMILES string of the molecule is O=c1c2ccc(-n3c4ccccc4c4ccc5c(c6ccccc6n5-c5ccccc5)c43)cc2oc2c(-c3ccccc3)c(-c3ccccc3)ccc12. The fourth-order valence-electron chi connectivity index (χ4n) is 8.43. The van der Waals surface area contributed by atoms with E-state index in [0.29, 0.717) is 21.9 Å². The number of nitrogens with zero attached hydrogens (tertiary/aromatic N) is 2. The van der Waals surface area contributed by atoms with Crippen molar-refractivity contribution in [2.75, 3.05) is 0 Å². The highest BCUT2D eigenvalue weighted by atomic mass is 16.3. The lowest BCUT2D eigenvalue weighted by molar-refractivity contribution is 0.661.